The van der Waals surface area contributed by atoms with Crippen LogP contribution in [0.3, 0.4) is 0 Å². The number of halogens is 1. The molecule has 3 heterocycles. The number of hydrogen-bond donors (Lipinski definition) is 1. The van der Waals surface area contributed by atoms with E-state index in [2.05, 4.69) is 27.3 Å². The Morgan fingerprint density at radius 3 is 2.35 bits per heavy atom. The molecule has 2 saturated heterocycles. The van der Waals surface area contributed by atoms with Gasteiger partial charge < -0.3 is 10.6 Å². The molecule has 1 aromatic heterocycles. The highest BCUT2D eigenvalue weighted by molar-refractivity contribution is 14.0. The number of hydrogen-bond acceptors (Lipinski definition) is 3. The van der Waals surface area contributed by atoms with Gasteiger partial charge in [0.05, 0.1) is 12.6 Å². The molecule has 23 heavy (non-hydrogen) atoms. The first-order valence-corrected chi connectivity index (χ1v) is 9.55. The van der Waals surface area contributed by atoms with Gasteiger partial charge in [-0.05, 0) is 50.2 Å². The van der Waals surface area contributed by atoms with Gasteiger partial charge in [-0.15, -0.1) is 35.3 Å². The minimum Gasteiger partial charge on any atom is -0.370 e. The summed E-state index contributed by atoms with van der Waals surface area (Å²) < 4.78 is 0. The van der Waals surface area contributed by atoms with Crippen LogP contribution in [0.2, 0.25) is 0 Å². The zero-order valence-corrected chi connectivity index (χ0v) is 17.0. The standard InChI is InChI=1S/C17H28N4S.HI/c18-17(21-11-3-1-2-4-12-21)19-14-15(16-8-7-13-22-16)20-9-5-6-10-20;/h7-8,13,15H,1-6,9-12,14H2,(H2,18,19);1H. The summed E-state index contributed by atoms with van der Waals surface area (Å²) in [6, 6.07) is 4.80. The molecule has 0 bridgehead atoms. The maximum atomic E-state index is 6.28. The van der Waals surface area contributed by atoms with Crippen LogP contribution in [0.15, 0.2) is 22.5 Å². The van der Waals surface area contributed by atoms with E-state index in [1.54, 1.807) is 0 Å². The van der Waals surface area contributed by atoms with Gasteiger partial charge in [0, 0.05) is 18.0 Å². The fourth-order valence-corrected chi connectivity index (χ4v) is 4.35. The van der Waals surface area contributed by atoms with Gasteiger partial charge >= 0.3 is 0 Å². The number of thiophene rings is 1. The molecule has 2 aliphatic heterocycles. The molecule has 0 spiro atoms. The quantitative estimate of drug-likeness (QED) is 0.434. The molecule has 2 fully saturated rings. The summed E-state index contributed by atoms with van der Waals surface area (Å²) in [4.78, 5) is 11.1. The molecular weight excluding hydrogens is 419 g/mol. The van der Waals surface area contributed by atoms with Crippen LogP contribution in [0.5, 0.6) is 0 Å². The summed E-state index contributed by atoms with van der Waals surface area (Å²) in [7, 11) is 0. The van der Waals surface area contributed by atoms with Gasteiger partial charge in [-0.25, -0.2) is 0 Å². The van der Waals surface area contributed by atoms with E-state index in [0.717, 1.165) is 25.6 Å². The van der Waals surface area contributed by atoms with E-state index in [4.69, 9.17) is 10.7 Å². The van der Waals surface area contributed by atoms with Crippen molar-refractivity contribution >= 4 is 41.3 Å². The Morgan fingerprint density at radius 2 is 1.74 bits per heavy atom. The van der Waals surface area contributed by atoms with Gasteiger partial charge in [-0.3, -0.25) is 9.89 Å². The minimum atomic E-state index is 0. The normalized spacial score (nSPS) is 21.7. The molecule has 1 unspecified atom stereocenters. The van der Waals surface area contributed by atoms with E-state index in [1.807, 2.05) is 11.3 Å². The summed E-state index contributed by atoms with van der Waals surface area (Å²) in [6.45, 7) is 5.33. The lowest BCUT2D eigenvalue weighted by molar-refractivity contribution is 0.254. The molecule has 6 heteroatoms. The Labute approximate surface area is 161 Å². The molecular formula is C17H29IN4S. The van der Waals surface area contributed by atoms with Gasteiger partial charge in [0.1, 0.15) is 0 Å². The Bertz CT molecular complexity index is 463. The maximum absolute atomic E-state index is 6.28. The van der Waals surface area contributed by atoms with Crippen molar-refractivity contribution in [3.05, 3.63) is 22.4 Å². The average molecular weight is 448 g/mol. The molecule has 0 radical (unpaired) electrons. The largest absolute Gasteiger partial charge is 0.370 e. The van der Waals surface area contributed by atoms with E-state index in [-0.39, 0.29) is 24.0 Å². The highest BCUT2D eigenvalue weighted by atomic mass is 127. The van der Waals surface area contributed by atoms with Crippen molar-refractivity contribution in [1.29, 1.82) is 0 Å². The molecule has 1 atom stereocenters. The first kappa shape index (κ1) is 19.0. The highest BCUT2D eigenvalue weighted by Crippen LogP contribution is 2.28. The van der Waals surface area contributed by atoms with Crippen LogP contribution in [0.1, 0.15) is 49.4 Å². The Balaban J connectivity index is 0.00000192. The smallest absolute Gasteiger partial charge is 0.191 e. The molecule has 1 aromatic rings. The molecule has 130 valence electrons. The topological polar surface area (TPSA) is 44.9 Å². The van der Waals surface area contributed by atoms with Crippen LogP contribution in [0.4, 0.5) is 0 Å². The van der Waals surface area contributed by atoms with Crippen LogP contribution < -0.4 is 5.73 Å². The number of aliphatic imine (C=N–C) groups is 1. The van der Waals surface area contributed by atoms with Crippen molar-refractivity contribution in [1.82, 2.24) is 9.80 Å². The van der Waals surface area contributed by atoms with Crippen molar-refractivity contribution < 1.29 is 0 Å². The van der Waals surface area contributed by atoms with Crippen LogP contribution in [-0.4, -0.2) is 48.5 Å². The second-order valence-electron chi connectivity index (χ2n) is 6.37. The average Bonchev–Trinajstić information content (AvgIpc) is 3.18. The lowest BCUT2D eigenvalue weighted by atomic mass is 10.2. The number of likely N-dealkylation sites (tertiary alicyclic amines) is 2. The van der Waals surface area contributed by atoms with Crippen molar-refractivity contribution in [2.45, 2.75) is 44.6 Å². The first-order chi connectivity index (χ1) is 10.8. The van der Waals surface area contributed by atoms with Crippen molar-refractivity contribution in [2.24, 2.45) is 10.7 Å². The first-order valence-electron chi connectivity index (χ1n) is 8.67. The molecule has 0 saturated carbocycles. The van der Waals surface area contributed by atoms with Gasteiger partial charge in [0.15, 0.2) is 5.96 Å². The third kappa shape index (κ3) is 5.32. The predicted molar refractivity (Wildman–Crippen MR) is 110 cm³/mol. The van der Waals surface area contributed by atoms with Crippen molar-refractivity contribution in [3.63, 3.8) is 0 Å². The van der Waals surface area contributed by atoms with Gasteiger partial charge in [-0.2, -0.15) is 0 Å². The van der Waals surface area contributed by atoms with E-state index in [9.17, 15) is 0 Å². The third-order valence-electron chi connectivity index (χ3n) is 4.81. The maximum Gasteiger partial charge on any atom is 0.191 e. The van der Waals surface area contributed by atoms with Crippen LogP contribution in [0, 0.1) is 0 Å². The molecule has 2 N–H and O–H groups in total. The zero-order chi connectivity index (χ0) is 15.2. The second kappa shape index (κ2) is 9.84. The predicted octanol–water partition coefficient (Wildman–Crippen LogP) is 3.69. The Kier molecular flexibility index (Phi) is 8.12. The number of rotatable bonds is 4. The number of nitrogens with zero attached hydrogens (tertiary/aromatic N) is 3. The summed E-state index contributed by atoms with van der Waals surface area (Å²) in [5.74, 6) is 0.752. The van der Waals surface area contributed by atoms with Gasteiger partial charge in [0.2, 0.25) is 0 Å². The summed E-state index contributed by atoms with van der Waals surface area (Å²) >= 11 is 1.84. The fraction of sp³-hybridized carbons (Fsp3) is 0.706. The monoisotopic (exact) mass is 448 g/mol. The van der Waals surface area contributed by atoms with Crippen molar-refractivity contribution in [3.8, 4) is 0 Å². The molecule has 0 aliphatic carbocycles. The van der Waals surface area contributed by atoms with E-state index in [1.165, 1.54) is 56.5 Å². The second-order valence-corrected chi connectivity index (χ2v) is 7.35. The number of guanidine groups is 1. The van der Waals surface area contributed by atoms with E-state index < -0.39 is 0 Å². The summed E-state index contributed by atoms with van der Waals surface area (Å²) in [5.41, 5.74) is 6.28. The third-order valence-corrected chi connectivity index (χ3v) is 5.78. The van der Waals surface area contributed by atoms with Crippen LogP contribution in [-0.2, 0) is 0 Å². The van der Waals surface area contributed by atoms with Crippen molar-refractivity contribution in [2.75, 3.05) is 32.7 Å². The molecule has 3 rings (SSSR count). The Morgan fingerprint density at radius 1 is 1.09 bits per heavy atom. The lowest BCUT2D eigenvalue weighted by Gasteiger charge is -2.26. The van der Waals surface area contributed by atoms with Crippen LogP contribution in [0.25, 0.3) is 0 Å². The minimum absolute atomic E-state index is 0. The molecule has 2 aliphatic rings. The molecule has 0 aromatic carbocycles. The van der Waals surface area contributed by atoms with Gasteiger partial charge in [-0.1, -0.05) is 18.9 Å². The molecule has 4 nitrogen and oxygen atoms in total. The zero-order valence-electron chi connectivity index (χ0n) is 13.8. The van der Waals surface area contributed by atoms with Gasteiger partial charge in [0.25, 0.3) is 0 Å². The lowest BCUT2D eigenvalue weighted by Crippen LogP contribution is -2.39. The van der Waals surface area contributed by atoms with E-state index >= 15 is 0 Å². The SMILES string of the molecule is I.NC(=NCC(c1cccs1)N1CCCC1)N1CCCCCC1. The summed E-state index contributed by atoms with van der Waals surface area (Å²) in [5, 5.41) is 2.17. The fourth-order valence-electron chi connectivity index (χ4n) is 3.50. The summed E-state index contributed by atoms with van der Waals surface area (Å²) in [6.07, 6.45) is 7.78. The number of nitrogens with two attached hydrogens (primary N) is 1. The molecule has 0 amide bonds. The van der Waals surface area contributed by atoms with E-state index in [0.29, 0.717) is 6.04 Å². The van der Waals surface area contributed by atoms with Crippen LogP contribution >= 0.6 is 35.3 Å². The Hall–Kier alpha value is -0.340. The highest BCUT2D eigenvalue weighted by Gasteiger charge is 2.24.